The van der Waals surface area contributed by atoms with Gasteiger partial charge in [0.05, 0.1) is 6.54 Å². The van der Waals surface area contributed by atoms with E-state index in [1.54, 1.807) is 12.1 Å². The van der Waals surface area contributed by atoms with E-state index in [1.165, 1.54) is 4.90 Å². The first kappa shape index (κ1) is 17.5. The van der Waals surface area contributed by atoms with Gasteiger partial charge in [0.1, 0.15) is 6.04 Å². The maximum absolute atomic E-state index is 12.5. The average molecular weight is 344 g/mol. The second-order valence-corrected chi connectivity index (χ2v) is 7.17. The number of nitrogens with zero attached hydrogens (tertiary/aromatic N) is 1. The molecule has 1 aromatic carbocycles. The van der Waals surface area contributed by atoms with Crippen molar-refractivity contribution in [3.05, 3.63) is 34.9 Å². The molecule has 1 heterocycles. The minimum Gasteiger partial charge on any atom is -0.480 e. The van der Waals surface area contributed by atoms with Gasteiger partial charge in [0.25, 0.3) is 5.91 Å². The zero-order valence-electron chi connectivity index (χ0n) is 14.6. The van der Waals surface area contributed by atoms with Gasteiger partial charge in [0, 0.05) is 12.1 Å². The Bertz CT molecular complexity index is 715. The molecule has 2 amide bonds. The monoisotopic (exact) mass is 344 g/mol. The van der Waals surface area contributed by atoms with E-state index in [1.807, 2.05) is 19.9 Å². The van der Waals surface area contributed by atoms with Gasteiger partial charge in [-0.15, -0.1) is 0 Å². The van der Waals surface area contributed by atoms with Crippen molar-refractivity contribution in [3.8, 4) is 0 Å². The van der Waals surface area contributed by atoms with Crippen molar-refractivity contribution >= 4 is 17.8 Å². The van der Waals surface area contributed by atoms with Gasteiger partial charge in [0.15, 0.2) is 0 Å². The quantitative estimate of drug-likeness (QED) is 0.871. The van der Waals surface area contributed by atoms with Crippen LogP contribution in [0.4, 0.5) is 0 Å². The lowest BCUT2D eigenvalue weighted by atomic mass is 9.94. The van der Waals surface area contributed by atoms with Crippen molar-refractivity contribution < 1.29 is 19.5 Å². The van der Waals surface area contributed by atoms with Crippen LogP contribution >= 0.6 is 0 Å². The van der Waals surface area contributed by atoms with E-state index in [2.05, 4.69) is 5.32 Å². The molecule has 1 aliphatic heterocycles. The highest BCUT2D eigenvalue weighted by Gasteiger charge is 2.49. The molecule has 6 heteroatoms. The summed E-state index contributed by atoms with van der Waals surface area (Å²) in [6.07, 6.45) is 2.87. The van der Waals surface area contributed by atoms with E-state index in [-0.39, 0.29) is 30.2 Å². The molecule has 1 saturated heterocycles. The Morgan fingerprint density at radius 2 is 1.96 bits per heavy atom. The Labute approximate surface area is 147 Å². The Hall–Kier alpha value is -2.37. The molecule has 2 N–H and O–H groups in total. The Morgan fingerprint density at radius 3 is 2.64 bits per heavy atom. The molecule has 2 aliphatic rings. The Morgan fingerprint density at radius 1 is 1.20 bits per heavy atom. The maximum atomic E-state index is 12.5. The lowest BCUT2D eigenvalue weighted by molar-refractivity contribution is -0.149. The molecule has 0 radical (unpaired) electrons. The van der Waals surface area contributed by atoms with Crippen LogP contribution in [0.5, 0.6) is 0 Å². The normalized spacial score (nSPS) is 24.9. The topological polar surface area (TPSA) is 86.7 Å². The van der Waals surface area contributed by atoms with Crippen molar-refractivity contribution in [1.82, 2.24) is 10.2 Å². The van der Waals surface area contributed by atoms with Gasteiger partial charge >= 0.3 is 5.97 Å². The minimum absolute atomic E-state index is 0.0527. The summed E-state index contributed by atoms with van der Waals surface area (Å²) in [5, 5.41) is 12.1. The van der Waals surface area contributed by atoms with Crippen LogP contribution in [0.1, 0.15) is 40.7 Å². The smallest absolute Gasteiger partial charge is 0.326 e. The van der Waals surface area contributed by atoms with E-state index in [9.17, 15) is 19.5 Å². The second kappa shape index (κ2) is 6.86. The molecule has 0 unspecified atom stereocenters. The van der Waals surface area contributed by atoms with Crippen molar-refractivity contribution in [2.45, 2.75) is 39.2 Å². The molecule has 3 rings (SSSR count). The summed E-state index contributed by atoms with van der Waals surface area (Å²) < 4.78 is 0. The molecule has 1 saturated carbocycles. The molecule has 25 heavy (non-hydrogen) atoms. The summed E-state index contributed by atoms with van der Waals surface area (Å²) in [6.45, 7) is 4.21. The van der Waals surface area contributed by atoms with Crippen molar-refractivity contribution in [3.63, 3.8) is 0 Å². The van der Waals surface area contributed by atoms with Gasteiger partial charge < -0.3 is 15.3 Å². The number of carboxylic acids is 1. The van der Waals surface area contributed by atoms with E-state index in [0.717, 1.165) is 30.4 Å². The van der Waals surface area contributed by atoms with E-state index in [0.29, 0.717) is 12.1 Å². The number of carbonyl (C=O) groups is 3. The minimum atomic E-state index is -0.941. The second-order valence-electron chi connectivity index (χ2n) is 7.17. The predicted molar refractivity (Wildman–Crippen MR) is 92.2 cm³/mol. The Kier molecular flexibility index (Phi) is 4.79. The highest BCUT2D eigenvalue weighted by Crippen LogP contribution is 2.42. The van der Waals surface area contributed by atoms with Crippen LogP contribution in [-0.4, -0.2) is 46.9 Å². The standard InChI is InChI=1S/C19H24N2O4/c1-11-6-7-13(8-12(11)2)18(23)20-9-16(22)21-10-14-4-3-5-15(14)17(21)19(24)25/h6-8,14-15,17H,3-5,9-10H2,1-2H3,(H,20,23)(H,24,25)/t14-,15-,17-/m0/s1. The molecule has 6 nitrogen and oxygen atoms in total. The molecule has 134 valence electrons. The van der Waals surface area contributed by atoms with Gasteiger partial charge in [0.2, 0.25) is 5.91 Å². The van der Waals surface area contributed by atoms with Crippen molar-refractivity contribution in [1.29, 1.82) is 0 Å². The van der Waals surface area contributed by atoms with Crippen LogP contribution in [0, 0.1) is 25.7 Å². The number of benzene rings is 1. The number of amides is 2. The first-order chi connectivity index (χ1) is 11.9. The van der Waals surface area contributed by atoms with Gasteiger partial charge in [-0.25, -0.2) is 4.79 Å². The first-order valence-corrected chi connectivity index (χ1v) is 8.76. The molecule has 1 aliphatic carbocycles. The van der Waals surface area contributed by atoms with Crippen LogP contribution in [-0.2, 0) is 9.59 Å². The number of rotatable bonds is 4. The van der Waals surface area contributed by atoms with Gasteiger partial charge in [-0.2, -0.15) is 0 Å². The van der Waals surface area contributed by atoms with E-state index < -0.39 is 12.0 Å². The van der Waals surface area contributed by atoms with Crippen molar-refractivity contribution in [2.75, 3.05) is 13.1 Å². The number of nitrogens with one attached hydrogen (secondary N) is 1. The third-order valence-electron chi connectivity index (χ3n) is 5.63. The molecule has 3 atom stereocenters. The molecule has 1 aromatic rings. The van der Waals surface area contributed by atoms with Crippen molar-refractivity contribution in [2.24, 2.45) is 11.8 Å². The number of hydrogen-bond acceptors (Lipinski definition) is 3. The fourth-order valence-electron chi connectivity index (χ4n) is 4.12. The van der Waals surface area contributed by atoms with Crippen LogP contribution < -0.4 is 5.32 Å². The number of carbonyl (C=O) groups excluding carboxylic acids is 2. The third kappa shape index (κ3) is 3.38. The molecular formula is C19H24N2O4. The predicted octanol–water partition coefficient (Wildman–Crippen LogP) is 1.74. The third-order valence-corrected chi connectivity index (χ3v) is 5.63. The molecular weight excluding hydrogens is 320 g/mol. The van der Waals surface area contributed by atoms with Crippen LogP contribution in [0.2, 0.25) is 0 Å². The number of fused-ring (bicyclic) bond motifs is 1. The highest BCUT2D eigenvalue weighted by molar-refractivity contribution is 5.97. The average Bonchev–Trinajstić information content (AvgIpc) is 3.15. The summed E-state index contributed by atoms with van der Waals surface area (Å²) in [6, 6.07) is 4.63. The summed E-state index contributed by atoms with van der Waals surface area (Å²) in [7, 11) is 0. The zero-order chi connectivity index (χ0) is 18.1. The lowest BCUT2D eigenvalue weighted by Gasteiger charge is -2.24. The number of aryl methyl sites for hydroxylation is 2. The fraction of sp³-hybridized carbons (Fsp3) is 0.526. The van der Waals surface area contributed by atoms with E-state index in [4.69, 9.17) is 0 Å². The molecule has 0 bridgehead atoms. The van der Waals surface area contributed by atoms with E-state index >= 15 is 0 Å². The van der Waals surface area contributed by atoms with Gasteiger partial charge in [-0.3, -0.25) is 9.59 Å². The Balaban J connectivity index is 1.63. The summed E-state index contributed by atoms with van der Waals surface area (Å²) in [4.78, 5) is 37.8. The largest absolute Gasteiger partial charge is 0.480 e. The summed E-state index contributed by atoms with van der Waals surface area (Å²) in [5.74, 6) is -1.25. The zero-order valence-corrected chi connectivity index (χ0v) is 14.6. The van der Waals surface area contributed by atoms with Gasteiger partial charge in [-0.05, 0) is 61.8 Å². The summed E-state index contributed by atoms with van der Waals surface area (Å²) in [5.41, 5.74) is 2.61. The lowest BCUT2D eigenvalue weighted by Crippen LogP contribution is -2.47. The molecule has 0 spiro atoms. The van der Waals surface area contributed by atoms with Crippen LogP contribution in [0.25, 0.3) is 0 Å². The number of hydrogen-bond donors (Lipinski definition) is 2. The van der Waals surface area contributed by atoms with Crippen LogP contribution in [0.3, 0.4) is 0 Å². The highest BCUT2D eigenvalue weighted by atomic mass is 16.4. The SMILES string of the molecule is Cc1ccc(C(=O)NCC(=O)N2C[C@@H]3CCC[C@@H]3[C@H]2C(=O)O)cc1C. The van der Waals surface area contributed by atoms with Gasteiger partial charge in [-0.1, -0.05) is 12.5 Å². The maximum Gasteiger partial charge on any atom is 0.326 e. The number of aliphatic carboxylic acids is 1. The first-order valence-electron chi connectivity index (χ1n) is 8.76. The van der Waals surface area contributed by atoms with Crippen LogP contribution in [0.15, 0.2) is 18.2 Å². The molecule has 0 aromatic heterocycles. The summed E-state index contributed by atoms with van der Waals surface area (Å²) >= 11 is 0. The number of likely N-dealkylation sites (tertiary alicyclic amines) is 1. The molecule has 2 fully saturated rings. The fourth-order valence-corrected chi connectivity index (χ4v) is 4.12. The number of carboxylic acid groups (broad SMARTS) is 1.